The summed E-state index contributed by atoms with van der Waals surface area (Å²) < 4.78 is 11.1. The molecule has 1 aromatic carbocycles. The predicted octanol–water partition coefficient (Wildman–Crippen LogP) is 2.65. The van der Waals surface area contributed by atoms with Crippen LogP contribution in [0.25, 0.3) is 0 Å². The molecule has 5 heteroatoms. The van der Waals surface area contributed by atoms with Gasteiger partial charge in [0.15, 0.2) is 0 Å². The molecule has 0 bridgehead atoms. The lowest BCUT2D eigenvalue weighted by Crippen LogP contribution is -2.12. The Balaban J connectivity index is 2.26. The number of nitrogens with zero attached hydrogens (tertiary/aromatic N) is 2. The van der Waals surface area contributed by atoms with E-state index >= 15 is 0 Å². The van der Waals surface area contributed by atoms with Gasteiger partial charge in [-0.1, -0.05) is 42.4 Å². The van der Waals surface area contributed by atoms with E-state index in [1.54, 1.807) is 0 Å². The zero-order valence-corrected chi connectivity index (χ0v) is 12.0. The Hall–Kier alpha value is -1.72. The third-order valence-corrected chi connectivity index (χ3v) is 3.25. The second-order valence-corrected chi connectivity index (χ2v) is 4.58. The average Bonchev–Trinajstić information content (AvgIpc) is 2.96. The molecule has 0 fully saturated rings. The number of hydrogen-bond acceptors (Lipinski definition) is 5. The van der Waals surface area contributed by atoms with Crippen molar-refractivity contribution in [1.29, 1.82) is 0 Å². The van der Waals surface area contributed by atoms with Crippen molar-refractivity contribution >= 4 is 0 Å². The summed E-state index contributed by atoms with van der Waals surface area (Å²) >= 11 is 0. The second-order valence-electron chi connectivity index (χ2n) is 4.58. The van der Waals surface area contributed by atoms with Gasteiger partial charge in [-0.15, -0.1) is 0 Å². The third kappa shape index (κ3) is 3.23. The van der Waals surface area contributed by atoms with Crippen molar-refractivity contribution in [2.75, 3.05) is 13.2 Å². The topological polar surface area (TPSA) is 74.2 Å². The summed E-state index contributed by atoms with van der Waals surface area (Å²) in [7, 11) is 0. The highest BCUT2D eigenvalue weighted by Crippen LogP contribution is 2.25. The molecule has 1 aromatic heterocycles. The van der Waals surface area contributed by atoms with Gasteiger partial charge in [0.2, 0.25) is 11.7 Å². The molecule has 2 aromatic rings. The van der Waals surface area contributed by atoms with Gasteiger partial charge in [-0.25, -0.2) is 0 Å². The molecule has 108 valence electrons. The summed E-state index contributed by atoms with van der Waals surface area (Å²) in [5, 5.41) is 4.06. The summed E-state index contributed by atoms with van der Waals surface area (Å²) in [6.45, 7) is 5.09. The highest BCUT2D eigenvalue weighted by Gasteiger charge is 2.23. The van der Waals surface area contributed by atoms with E-state index in [9.17, 15) is 0 Å². The van der Waals surface area contributed by atoms with Crippen LogP contribution in [-0.2, 0) is 4.74 Å². The van der Waals surface area contributed by atoms with Gasteiger partial charge >= 0.3 is 0 Å². The van der Waals surface area contributed by atoms with Crippen LogP contribution in [-0.4, -0.2) is 23.3 Å². The Bertz CT molecular complexity index is 509. The quantitative estimate of drug-likeness (QED) is 0.840. The van der Waals surface area contributed by atoms with Gasteiger partial charge in [-0.05, 0) is 18.9 Å². The van der Waals surface area contributed by atoms with E-state index < -0.39 is 0 Å². The maximum atomic E-state index is 5.76. The number of ether oxygens (including phenoxy) is 1. The van der Waals surface area contributed by atoms with Gasteiger partial charge in [0.05, 0.1) is 5.92 Å². The van der Waals surface area contributed by atoms with Crippen LogP contribution < -0.4 is 5.73 Å². The van der Waals surface area contributed by atoms with E-state index in [2.05, 4.69) is 17.1 Å². The first-order chi connectivity index (χ1) is 9.80. The van der Waals surface area contributed by atoms with Crippen molar-refractivity contribution in [3.05, 3.63) is 47.6 Å². The highest BCUT2D eigenvalue weighted by atomic mass is 16.5. The third-order valence-electron chi connectivity index (χ3n) is 3.25. The number of nitrogens with two attached hydrogens (primary N) is 1. The summed E-state index contributed by atoms with van der Waals surface area (Å²) in [6, 6.07) is 9.90. The first-order valence-corrected chi connectivity index (χ1v) is 7.00. The molecule has 5 nitrogen and oxygen atoms in total. The minimum atomic E-state index is -0.297. The average molecular weight is 275 g/mol. The van der Waals surface area contributed by atoms with Crippen LogP contribution in [0, 0.1) is 0 Å². The predicted molar refractivity (Wildman–Crippen MR) is 76.3 cm³/mol. The van der Waals surface area contributed by atoms with Crippen molar-refractivity contribution < 1.29 is 9.26 Å². The van der Waals surface area contributed by atoms with Crippen molar-refractivity contribution in [2.45, 2.75) is 32.3 Å². The maximum absolute atomic E-state index is 5.76. The molecule has 0 spiro atoms. The monoisotopic (exact) mass is 275 g/mol. The first kappa shape index (κ1) is 14.7. The molecule has 0 aliphatic heterocycles. The van der Waals surface area contributed by atoms with Gasteiger partial charge in [0.25, 0.3) is 0 Å². The van der Waals surface area contributed by atoms with E-state index in [-0.39, 0.29) is 12.0 Å². The number of rotatable bonds is 7. The smallest absolute Gasteiger partial charge is 0.231 e. The van der Waals surface area contributed by atoms with Gasteiger partial charge in [0.1, 0.15) is 6.10 Å². The van der Waals surface area contributed by atoms with E-state index in [1.165, 1.54) is 0 Å². The first-order valence-electron chi connectivity index (χ1n) is 7.00. The lowest BCUT2D eigenvalue weighted by molar-refractivity contribution is 0.0833. The lowest BCUT2D eigenvalue weighted by Gasteiger charge is -2.13. The van der Waals surface area contributed by atoms with E-state index in [1.807, 2.05) is 37.3 Å². The second kappa shape index (κ2) is 7.17. The normalized spacial score (nSPS) is 14.2. The van der Waals surface area contributed by atoms with Gasteiger partial charge in [-0.2, -0.15) is 4.98 Å². The molecule has 2 rings (SSSR count). The highest BCUT2D eigenvalue weighted by molar-refractivity contribution is 5.22. The van der Waals surface area contributed by atoms with Crippen molar-refractivity contribution in [3.63, 3.8) is 0 Å². The SMILES string of the molecule is CCOC(c1ccccc1)c1noc(C(CC)CN)n1. The Morgan fingerprint density at radius 1 is 1.25 bits per heavy atom. The summed E-state index contributed by atoms with van der Waals surface area (Å²) in [6.07, 6.45) is 0.581. The lowest BCUT2D eigenvalue weighted by atomic mass is 10.1. The molecule has 0 aliphatic carbocycles. The van der Waals surface area contributed by atoms with Crippen LogP contribution >= 0.6 is 0 Å². The Labute approximate surface area is 119 Å². The van der Waals surface area contributed by atoms with Crippen molar-refractivity contribution in [1.82, 2.24) is 10.1 Å². The van der Waals surface area contributed by atoms with Gasteiger partial charge < -0.3 is 15.0 Å². The fourth-order valence-electron chi connectivity index (χ4n) is 2.08. The van der Waals surface area contributed by atoms with Gasteiger partial charge in [-0.3, -0.25) is 0 Å². The molecule has 2 N–H and O–H groups in total. The van der Waals surface area contributed by atoms with Crippen LogP contribution in [0.15, 0.2) is 34.9 Å². The standard InChI is InChI=1S/C15H21N3O2/c1-3-11(10-16)15-17-14(18-20-15)13(19-4-2)12-8-6-5-7-9-12/h5-9,11,13H,3-4,10,16H2,1-2H3. The number of aromatic nitrogens is 2. The van der Waals surface area contributed by atoms with E-state index in [0.717, 1.165) is 12.0 Å². The minimum Gasteiger partial charge on any atom is -0.366 e. The molecule has 2 atom stereocenters. The van der Waals surface area contributed by atoms with Crippen LogP contribution in [0.2, 0.25) is 0 Å². The van der Waals surface area contributed by atoms with Gasteiger partial charge in [0, 0.05) is 13.2 Å². The Kier molecular flexibility index (Phi) is 5.26. The molecule has 0 aliphatic rings. The van der Waals surface area contributed by atoms with Crippen LogP contribution in [0.5, 0.6) is 0 Å². The van der Waals surface area contributed by atoms with Crippen molar-refractivity contribution in [2.24, 2.45) is 5.73 Å². The fourth-order valence-corrected chi connectivity index (χ4v) is 2.08. The molecule has 0 amide bonds. The zero-order chi connectivity index (χ0) is 14.4. The molecule has 1 heterocycles. The minimum absolute atomic E-state index is 0.106. The summed E-state index contributed by atoms with van der Waals surface area (Å²) in [5.74, 6) is 1.25. The van der Waals surface area contributed by atoms with Crippen LogP contribution in [0.4, 0.5) is 0 Å². The van der Waals surface area contributed by atoms with Crippen LogP contribution in [0.1, 0.15) is 49.6 Å². The number of hydrogen-bond donors (Lipinski definition) is 1. The van der Waals surface area contributed by atoms with Crippen molar-refractivity contribution in [3.8, 4) is 0 Å². The molecule has 0 radical (unpaired) electrons. The van der Waals surface area contributed by atoms with Crippen LogP contribution in [0.3, 0.4) is 0 Å². The molecule has 0 saturated carbocycles. The van der Waals surface area contributed by atoms with E-state index in [0.29, 0.717) is 24.9 Å². The fraction of sp³-hybridized carbons (Fsp3) is 0.467. The Morgan fingerprint density at radius 3 is 2.60 bits per heavy atom. The zero-order valence-electron chi connectivity index (χ0n) is 12.0. The molecule has 20 heavy (non-hydrogen) atoms. The molecule has 0 saturated heterocycles. The number of benzene rings is 1. The largest absolute Gasteiger partial charge is 0.366 e. The summed E-state index contributed by atoms with van der Waals surface area (Å²) in [4.78, 5) is 4.46. The molecule has 2 unspecified atom stereocenters. The van der Waals surface area contributed by atoms with E-state index in [4.69, 9.17) is 15.0 Å². The maximum Gasteiger partial charge on any atom is 0.231 e. The molecular formula is C15H21N3O2. The summed E-state index contributed by atoms with van der Waals surface area (Å²) in [5.41, 5.74) is 6.73. The molecular weight excluding hydrogens is 254 g/mol. The Morgan fingerprint density at radius 2 is 2.00 bits per heavy atom.